The van der Waals surface area contributed by atoms with Crippen LogP contribution in [0.15, 0.2) is 29.6 Å². The number of hydrogen-bond acceptors (Lipinski definition) is 4. The van der Waals surface area contributed by atoms with E-state index in [0.717, 1.165) is 11.3 Å². The maximum absolute atomic E-state index is 7.09. The quantitative estimate of drug-likeness (QED) is 0.360. The van der Waals surface area contributed by atoms with Crippen molar-refractivity contribution in [3.05, 3.63) is 29.6 Å². The summed E-state index contributed by atoms with van der Waals surface area (Å²) in [5.74, 6) is -0.117. The van der Waals surface area contributed by atoms with Gasteiger partial charge in [0.2, 0.25) is 0 Å². The van der Waals surface area contributed by atoms with Crippen LogP contribution >= 0.6 is 11.3 Å². The lowest BCUT2D eigenvalue weighted by Gasteiger charge is -1.98. The minimum absolute atomic E-state index is 0.117. The maximum atomic E-state index is 7.09. The van der Waals surface area contributed by atoms with Crippen LogP contribution in [0.3, 0.4) is 0 Å². The number of hydrogen-bond donors (Lipinski definition) is 4. The zero-order chi connectivity index (χ0) is 11.5. The van der Waals surface area contributed by atoms with Crippen molar-refractivity contribution in [3.8, 4) is 11.3 Å². The summed E-state index contributed by atoms with van der Waals surface area (Å²) < 4.78 is 0. The summed E-state index contributed by atoms with van der Waals surface area (Å²) in [6.07, 6.45) is 0. The first-order valence-electron chi connectivity index (χ1n) is 4.57. The summed E-state index contributed by atoms with van der Waals surface area (Å²) >= 11 is 1.39. The molecule has 2 rings (SSSR count). The molecule has 0 saturated carbocycles. The van der Waals surface area contributed by atoms with Crippen molar-refractivity contribution in [1.82, 2.24) is 4.98 Å². The first kappa shape index (κ1) is 10.4. The van der Waals surface area contributed by atoms with Crippen LogP contribution in [0.4, 0.5) is 10.8 Å². The molecule has 0 saturated heterocycles. The monoisotopic (exact) mass is 233 g/mol. The molecule has 0 amide bonds. The largest absolute Gasteiger partial charge is 0.399 e. The lowest BCUT2D eigenvalue weighted by molar-refractivity contribution is 1.36. The molecule has 1 aromatic heterocycles. The van der Waals surface area contributed by atoms with Crippen molar-refractivity contribution < 1.29 is 0 Å². The molecule has 6 N–H and O–H groups in total. The Bertz CT molecular complexity index is 519. The van der Waals surface area contributed by atoms with E-state index < -0.39 is 0 Å². The molecule has 0 spiro atoms. The normalized spacial score (nSPS) is 10.0. The number of aromatic nitrogens is 1. The predicted octanol–water partition coefficient (Wildman–Crippen LogP) is 1.70. The van der Waals surface area contributed by atoms with Gasteiger partial charge in [-0.15, -0.1) is 11.3 Å². The average Bonchev–Trinajstić information content (AvgIpc) is 2.65. The minimum atomic E-state index is -0.117. The van der Waals surface area contributed by atoms with E-state index in [-0.39, 0.29) is 5.96 Å². The Balaban J connectivity index is 2.28. The van der Waals surface area contributed by atoms with Gasteiger partial charge in [0.15, 0.2) is 11.1 Å². The highest BCUT2D eigenvalue weighted by atomic mass is 32.1. The molecule has 2 aromatic rings. The molecule has 6 heteroatoms. The standard InChI is InChI=1S/C10H11N5S/c11-7-3-1-2-6(4-7)8-5-16-10(14-8)15-9(12)13/h1-5H,11H2,(H4,12,13,14,15). The number of rotatable bonds is 2. The summed E-state index contributed by atoms with van der Waals surface area (Å²) in [4.78, 5) is 4.29. The van der Waals surface area contributed by atoms with E-state index in [4.69, 9.17) is 16.9 Å². The van der Waals surface area contributed by atoms with Crippen molar-refractivity contribution in [1.29, 1.82) is 5.41 Å². The highest BCUT2D eigenvalue weighted by molar-refractivity contribution is 7.14. The number of thiazole rings is 1. The molecule has 5 nitrogen and oxygen atoms in total. The van der Waals surface area contributed by atoms with Gasteiger partial charge >= 0.3 is 0 Å². The molecule has 0 bridgehead atoms. The van der Waals surface area contributed by atoms with Gasteiger partial charge in [-0.2, -0.15) is 0 Å². The van der Waals surface area contributed by atoms with Gasteiger partial charge in [-0.1, -0.05) is 12.1 Å². The van der Waals surface area contributed by atoms with E-state index in [1.807, 2.05) is 29.6 Å². The third kappa shape index (κ3) is 2.29. The first-order valence-corrected chi connectivity index (χ1v) is 5.45. The molecule has 0 atom stereocenters. The molecule has 0 aliphatic rings. The third-order valence-corrected chi connectivity index (χ3v) is 2.69. The van der Waals surface area contributed by atoms with Crippen molar-refractivity contribution in [3.63, 3.8) is 0 Å². The third-order valence-electron chi connectivity index (χ3n) is 1.93. The van der Waals surface area contributed by atoms with Gasteiger partial charge < -0.3 is 16.8 Å². The first-order chi connectivity index (χ1) is 7.65. The van der Waals surface area contributed by atoms with Crippen LogP contribution < -0.4 is 16.8 Å². The second kappa shape index (κ2) is 4.19. The van der Waals surface area contributed by atoms with Crippen LogP contribution in [-0.2, 0) is 0 Å². The van der Waals surface area contributed by atoms with Gasteiger partial charge in [-0.05, 0) is 12.1 Å². The van der Waals surface area contributed by atoms with E-state index in [1.165, 1.54) is 11.3 Å². The Labute approximate surface area is 96.6 Å². The number of nitrogen functional groups attached to an aromatic ring is 1. The SMILES string of the molecule is N=C(N)Nc1nc(-c2cccc(N)c2)cs1. The molecule has 0 radical (unpaired) electrons. The minimum Gasteiger partial charge on any atom is -0.399 e. The topological polar surface area (TPSA) is 101 Å². The van der Waals surface area contributed by atoms with Gasteiger partial charge in [0.1, 0.15) is 0 Å². The molecule has 0 aliphatic carbocycles. The number of nitrogens with one attached hydrogen (secondary N) is 2. The summed E-state index contributed by atoms with van der Waals surface area (Å²) in [5.41, 5.74) is 13.4. The van der Waals surface area contributed by atoms with Crippen LogP contribution in [0.25, 0.3) is 11.3 Å². The summed E-state index contributed by atoms with van der Waals surface area (Å²) in [5, 5.41) is 12.2. The zero-order valence-electron chi connectivity index (χ0n) is 8.40. The fourth-order valence-electron chi connectivity index (χ4n) is 1.28. The summed E-state index contributed by atoms with van der Waals surface area (Å²) in [6.45, 7) is 0. The molecule has 0 fully saturated rings. The Morgan fingerprint density at radius 1 is 1.44 bits per heavy atom. The summed E-state index contributed by atoms with van der Waals surface area (Å²) in [7, 11) is 0. The van der Waals surface area contributed by atoms with Gasteiger partial charge in [0, 0.05) is 16.6 Å². The van der Waals surface area contributed by atoms with Crippen LogP contribution in [-0.4, -0.2) is 10.9 Å². The van der Waals surface area contributed by atoms with Gasteiger partial charge in [-0.25, -0.2) is 4.98 Å². The lowest BCUT2D eigenvalue weighted by atomic mass is 10.1. The predicted molar refractivity (Wildman–Crippen MR) is 67.5 cm³/mol. The number of nitrogens with zero attached hydrogens (tertiary/aromatic N) is 1. The molecule has 1 heterocycles. The van der Waals surface area contributed by atoms with Crippen molar-refractivity contribution in [2.75, 3.05) is 11.1 Å². The molecular weight excluding hydrogens is 222 g/mol. The Morgan fingerprint density at radius 3 is 2.94 bits per heavy atom. The van der Waals surface area contributed by atoms with Crippen molar-refractivity contribution in [2.24, 2.45) is 5.73 Å². The summed E-state index contributed by atoms with van der Waals surface area (Å²) in [6, 6.07) is 7.49. The van der Waals surface area contributed by atoms with Gasteiger partial charge in [0.05, 0.1) is 5.69 Å². The van der Waals surface area contributed by atoms with Crippen molar-refractivity contribution >= 4 is 28.1 Å². The fraction of sp³-hybridized carbons (Fsp3) is 0. The number of benzene rings is 1. The molecule has 16 heavy (non-hydrogen) atoms. The number of anilines is 2. The second-order valence-electron chi connectivity index (χ2n) is 3.20. The highest BCUT2D eigenvalue weighted by Gasteiger charge is 2.04. The Morgan fingerprint density at radius 2 is 2.25 bits per heavy atom. The average molecular weight is 233 g/mol. The van der Waals surface area contributed by atoms with Gasteiger partial charge in [-0.3, -0.25) is 5.41 Å². The number of guanidine groups is 1. The fourth-order valence-corrected chi connectivity index (χ4v) is 2.01. The van der Waals surface area contributed by atoms with Gasteiger partial charge in [0.25, 0.3) is 0 Å². The molecule has 0 aliphatic heterocycles. The molecule has 1 aromatic carbocycles. The van der Waals surface area contributed by atoms with Crippen LogP contribution in [0, 0.1) is 5.41 Å². The van der Waals surface area contributed by atoms with E-state index in [2.05, 4.69) is 10.3 Å². The molecule has 82 valence electrons. The number of nitrogens with two attached hydrogens (primary N) is 2. The maximum Gasteiger partial charge on any atom is 0.192 e. The van der Waals surface area contributed by atoms with E-state index >= 15 is 0 Å². The Hall–Kier alpha value is -2.08. The van der Waals surface area contributed by atoms with Crippen LogP contribution in [0.2, 0.25) is 0 Å². The van der Waals surface area contributed by atoms with E-state index in [0.29, 0.717) is 10.8 Å². The van der Waals surface area contributed by atoms with E-state index in [9.17, 15) is 0 Å². The Kier molecular flexibility index (Phi) is 2.74. The lowest BCUT2D eigenvalue weighted by Crippen LogP contribution is -2.20. The van der Waals surface area contributed by atoms with Crippen molar-refractivity contribution in [2.45, 2.75) is 0 Å². The van der Waals surface area contributed by atoms with E-state index in [1.54, 1.807) is 0 Å². The molecular formula is C10H11N5S. The second-order valence-corrected chi connectivity index (χ2v) is 4.06. The smallest absolute Gasteiger partial charge is 0.192 e. The molecule has 0 unspecified atom stereocenters. The zero-order valence-corrected chi connectivity index (χ0v) is 9.21. The highest BCUT2D eigenvalue weighted by Crippen LogP contribution is 2.25. The van der Waals surface area contributed by atoms with Crippen LogP contribution in [0.1, 0.15) is 0 Å². The van der Waals surface area contributed by atoms with Crippen LogP contribution in [0.5, 0.6) is 0 Å².